The van der Waals surface area contributed by atoms with Crippen LogP contribution in [0.15, 0.2) is 180 Å². The zero-order valence-corrected chi connectivity index (χ0v) is 30.5. The van der Waals surface area contributed by atoms with Crippen LogP contribution in [-0.2, 0) is 10.8 Å². The van der Waals surface area contributed by atoms with Crippen molar-refractivity contribution in [2.45, 2.75) is 24.7 Å². The zero-order chi connectivity index (χ0) is 36.5. The molecule has 3 aliphatic rings. The van der Waals surface area contributed by atoms with Crippen LogP contribution in [0.2, 0.25) is 0 Å². The van der Waals surface area contributed by atoms with Gasteiger partial charge >= 0.3 is 0 Å². The first-order valence-electron chi connectivity index (χ1n) is 19.1. The number of nitrogens with zero attached hydrogens (tertiary/aromatic N) is 1. The summed E-state index contributed by atoms with van der Waals surface area (Å²) in [5, 5.41) is 2.23. The average molecular weight is 706 g/mol. The summed E-state index contributed by atoms with van der Waals surface area (Å²) in [6.45, 7) is 4.70. The van der Waals surface area contributed by atoms with E-state index in [4.69, 9.17) is 9.15 Å². The van der Waals surface area contributed by atoms with Crippen molar-refractivity contribution in [3.05, 3.63) is 209 Å². The van der Waals surface area contributed by atoms with Crippen LogP contribution in [0.4, 0.5) is 17.1 Å². The van der Waals surface area contributed by atoms with Gasteiger partial charge in [-0.3, -0.25) is 0 Å². The van der Waals surface area contributed by atoms with Gasteiger partial charge in [0.15, 0.2) is 0 Å². The van der Waals surface area contributed by atoms with Crippen molar-refractivity contribution in [1.29, 1.82) is 0 Å². The molecule has 260 valence electrons. The van der Waals surface area contributed by atoms with Crippen LogP contribution < -0.4 is 9.64 Å². The van der Waals surface area contributed by atoms with Gasteiger partial charge in [-0.2, -0.15) is 0 Å². The van der Waals surface area contributed by atoms with Crippen LogP contribution in [0.1, 0.15) is 47.2 Å². The molecule has 8 aromatic carbocycles. The SMILES string of the molecule is CC1(C)c2ccccc2-c2ccc(N(c3ccccc3)c3cccc4oc5ccc6c(c5c34)-c3ccccc3C63c4ccccc4Oc4ccccc43)cc21. The van der Waals surface area contributed by atoms with E-state index in [0.29, 0.717) is 0 Å². The first-order chi connectivity index (χ1) is 27.0. The van der Waals surface area contributed by atoms with Gasteiger partial charge < -0.3 is 14.1 Å². The molecule has 2 heterocycles. The largest absolute Gasteiger partial charge is 0.457 e. The molecule has 0 saturated heterocycles. The highest BCUT2D eigenvalue weighted by atomic mass is 16.5. The van der Waals surface area contributed by atoms with Crippen molar-refractivity contribution in [3.63, 3.8) is 0 Å². The van der Waals surface area contributed by atoms with Crippen LogP contribution in [0, 0.1) is 0 Å². The van der Waals surface area contributed by atoms with Gasteiger partial charge in [0.05, 0.1) is 16.5 Å². The molecule has 1 aromatic heterocycles. The molecule has 0 saturated carbocycles. The lowest BCUT2D eigenvalue weighted by molar-refractivity contribution is 0.436. The van der Waals surface area contributed by atoms with E-state index >= 15 is 0 Å². The third-order valence-electron chi connectivity index (χ3n) is 12.5. The topological polar surface area (TPSA) is 25.6 Å². The number of fused-ring (bicyclic) bond motifs is 16. The molecule has 0 unspecified atom stereocenters. The maximum absolute atomic E-state index is 6.87. The van der Waals surface area contributed by atoms with Crippen molar-refractivity contribution in [1.82, 2.24) is 0 Å². The number of hydrogen-bond donors (Lipinski definition) is 0. The highest BCUT2D eigenvalue weighted by Crippen LogP contribution is 2.64. The molecule has 55 heavy (non-hydrogen) atoms. The summed E-state index contributed by atoms with van der Waals surface area (Å²) in [6.07, 6.45) is 0. The fourth-order valence-corrected chi connectivity index (χ4v) is 10.3. The number of furan rings is 1. The normalized spacial score (nSPS) is 14.8. The molecular formula is C52H35NO2. The molecule has 0 bridgehead atoms. The third kappa shape index (κ3) is 3.89. The van der Waals surface area contributed by atoms with E-state index in [0.717, 1.165) is 61.6 Å². The minimum Gasteiger partial charge on any atom is -0.457 e. The van der Waals surface area contributed by atoms with Crippen molar-refractivity contribution < 1.29 is 9.15 Å². The summed E-state index contributed by atoms with van der Waals surface area (Å²) in [5.74, 6) is 1.78. The fraction of sp³-hybridized carbons (Fsp3) is 0.0769. The summed E-state index contributed by atoms with van der Waals surface area (Å²) in [7, 11) is 0. The van der Waals surface area contributed by atoms with Crippen LogP contribution >= 0.6 is 0 Å². The predicted molar refractivity (Wildman–Crippen MR) is 223 cm³/mol. The lowest BCUT2D eigenvalue weighted by Crippen LogP contribution is -2.32. The lowest BCUT2D eigenvalue weighted by Gasteiger charge is -2.39. The Hall–Kier alpha value is -6.84. The second-order valence-corrected chi connectivity index (χ2v) is 15.6. The maximum atomic E-state index is 6.87. The number of ether oxygens (including phenoxy) is 1. The first kappa shape index (κ1) is 30.6. The summed E-state index contributed by atoms with van der Waals surface area (Å²) < 4.78 is 13.5. The number of hydrogen-bond acceptors (Lipinski definition) is 3. The van der Waals surface area contributed by atoms with Crippen LogP contribution in [0.3, 0.4) is 0 Å². The summed E-state index contributed by atoms with van der Waals surface area (Å²) in [6, 6.07) is 63.6. The van der Waals surface area contributed by atoms with Crippen molar-refractivity contribution in [2.24, 2.45) is 0 Å². The summed E-state index contributed by atoms with van der Waals surface area (Å²) in [4.78, 5) is 2.42. The molecule has 12 rings (SSSR count). The molecule has 0 fully saturated rings. The minimum atomic E-state index is -0.566. The standard InChI is InChI=1S/C52H35NO2/c1-51(2)37-19-8-6-17-34(37)35-28-27-33(31-42(35)51)53(32-15-4-3-5-16-32)43-23-14-26-46-49(43)50-47(55-46)30-29-41-48(50)36-18-7-9-20-38(36)52(41)39-21-10-12-24-44(39)54-45-25-13-11-22-40(45)52/h3-31H,1-2H3. The Labute approximate surface area is 319 Å². The van der Waals surface area contributed by atoms with Crippen LogP contribution in [-0.4, -0.2) is 0 Å². The monoisotopic (exact) mass is 705 g/mol. The molecule has 1 spiro atoms. The second kappa shape index (κ2) is 10.9. The van der Waals surface area contributed by atoms with Gasteiger partial charge in [0.25, 0.3) is 0 Å². The van der Waals surface area contributed by atoms with E-state index in [1.807, 2.05) is 0 Å². The number of para-hydroxylation sites is 3. The van der Waals surface area contributed by atoms with E-state index in [9.17, 15) is 0 Å². The van der Waals surface area contributed by atoms with E-state index in [1.165, 1.54) is 44.5 Å². The Morgan fingerprint density at radius 2 is 1.04 bits per heavy atom. The Kier molecular flexibility index (Phi) is 6.05. The maximum Gasteiger partial charge on any atom is 0.137 e. The van der Waals surface area contributed by atoms with E-state index < -0.39 is 5.41 Å². The lowest BCUT2D eigenvalue weighted by atomic mass is 9.66. The first-order valence-corrected chi connectivity index (χ1v) is 19.1. The van der Waals surface area contributed by atoms with Gasteiger partial charge in [0.2, 0.25) is 0 Å². The molecule has 1 aliphatic heterocycles. The molecule has 2 aliphatic carbocycles. The Morgan fingerprint density at radius 1 is 0.418 bits per heavy atom. The third-order valence-corrected chi connectivity index (χ3v) is 12.5. The highest BCUT2D eigenvalue weighted by Gasteiger charge is 2.51. The number of anilines is 3. The number of rotatable bonds is 3. The number of benzene rings is 8. The van der Waals surface area contributed by atoms with Gasteiger partial charge in [0.1, 0.15) is 22.7 Å². The van der Waals surface area contributed by atoms with E-state index in [2.05, 4.69) is 195 Å². The molecule has 0 amide bonds. The highest BCUT2D eigenvalue weighted by molar-refractivity contribution is 6.20. The molecule has 0 radical (unpaired) electrons. The van der Waals surface area contributed by atoms with Gasteiger partial charge in [-0.1, -0.05) is 135 Å². The second-order valence-electron chi connectivity index (χ2n) is 15.6. The molecule has 3 nitrogen and oxygen atoms in total. The van der Waals surface area contributed by atoms with Gasteiger partial charge in [-0.25, -0.2) is 0 Å². The smallest absolute Gasteiger partial charge is 0.137 e. The predicted octanol–water partition coefficient (Wildman–Crippen LogP) is 13.8. The van der Waals surface area contributed by atoms with Crippen LogP contribution in [0.5, 0.6) is 11.5 Å². The Morgan fingerprint density at radius 3 is 1.80 bits per heavy atom. The van der Waals surface area contributed by atoms with E-state index in [-0.39, 0.29) is 5.41 Å². The average Bonchev–Trinajstić information content (AvgIpc) is 3.83. The summed E-state index contributed by atoms with van der Waals surface area (Å²) >= 11 is 0. The Bertz CT molecular complexity index is 3010. The molecular weight excluding hydrogens is 671 g/mol. The van der Waals surface area contributed by atoms with Gasteiger partial charge in [0, 0.05) is 33.3 Å². The minimum absolute atomic E-state index is 0.131. The van der Waals surface area contributed by atoms with Crippen molar-refractivity contribution in [3.8, 4) is 33.8 Å². The summed E-state index contributed by atoms with van der Waals surface area (Å²) in [5.41, 5.74) is 16.9. The fourth-order valence-electron chi connectivity index (χ4n) is 10.3. The zero-order valence-electron chi connectivity index (χ0n) is 30.5. The van der Waals surface area contributed by atoms with Crippen molar-refractivity contribution >= 4 is 39.0 Å². The Balaban J connectivity index is 1.18. The van der Waals surface area contributed by atoms with Gasteiger partial charge in [-0.15, -0.1) is 0 Å². The van der Waals surface area contributed by atoms with E-state index in [1.54, 1.807) is 0 Å². The quantitative estimate of drug-likeness (QED) is 0.183. The van der Waals surface area contributed by atoms with Crippen LogP contribution in [0.25, 0.3) is 44.2 Å². The molecule has 0 atom stereocenters. The van der Waals surface area contributed by atoms with Crippen molar-refractivity contribution in [2.75, 3.05) is 4.90 Å². The molecule has 0 N–H and O–H groups in total. The molecule has 9 aromatic rings. The molecule has 3 heteroatoms. The van der Waals surface area contributed by atoms with Gasteiger partial charge in [-0.05, 0) is 99.1 Å².